The quantitative estimate of drug-likeness (QED) is 0.463. The lowest BCUT2D eigenvalue weighted by Gasteiger charge is -2.51. The maximum atomic E-state index is 11.9. The summed E-state index contributed by atoms with van der Waals surface area (Å²) in [4.78, 5) is 11.9. The number of Topliss-reactive ketones (excluding diaryl/α,β-unsaturated/α-hetero) is 1. The summed E-state index contributed by atoms with van der Waals surface area (Å²) in [7, 11) is -1.11. The lowest BCUT2D eigenvalue weighted by atomic mass is 9.99. The number of rotatable bonds is 0. The molecule has 16 heavy (non-hydrogen) atoms. The van der Waals surface area contributed by atoms with Crippen molar-refractivity contribution in [1.82, 2.24) is 0 Å². The van der Waals surface area contributed by atoms with E-state index in [1.807, 2.05) is 0 Å². The van der Waals surface area contributed by atoms with Crippen LogP contribution in [-0.2, 0) is 4.79 Å². The molecular formula is C14H24OP+. The first kappa shape index (κ1) is 12.3. The van der Waals surface area contributed by atoms with Crippen LogP contribution >= 0.6 is 7.26 Å². The Morgan fingerprint density at radius 1 is 1.44 bits per heavy atom. The van der Waals surface area contributed by atoms with Gasteiger partial charge in [0, 0.05) is 20.1 Å². The zero-order valence-electron chi connectivity index (χ0n) is 11.2. The third-order valence-electron chi connectivity index (χ3n) is 4.81. The molecule has 3 unspecified atom stereocenters. The van der Waals surface area contributed by atoms with Crippen LogP contribution in [0.4, 0.5) is 0 Å². The van der Waals surface area contributed by atoms with Gasteiger partial charge in [-0.3, -0.25) is 4.79 Å². The second-order valence-electron chi connectivity index (χ2n) is 6.75. The minimum Gasteiger partial charge on any atom is -0.299 e. The molecule has 0 N–H and O–H groups in total. The Kier molecular flexibility index (Phi) is 2.63. The van der Waals surface area contributed by atoms with Gasteiger partial charge >= 0.3 is 0 Å². The number of hydrogen-bond donors (Lipinski definition) is 0. The highest BCUT2D eigenvalue weighted by molar-refractivity contribution is 7.80. The van der Waals surface area contributed by atoms with Crippen LogP contribution in [0.15, 0.2) is 12.2 Å². The normalized spacial score (nSPS) is 43.6. The van der Waals surface area contributed by atoms with E-state index in [1.165, 1.54) is 6.16 Å². The molecule has 0 amide bonds. The van der Waals surface area contributed by atoms with Gasteiger partial charge in [0.1, 0.15) is 10.9 Å². The molecule has 2 aliphatic heterocycles. The van der Waals surface area contributed by atoms with Crippen LogP contribution in [-0.4, -0.2) is 27.9 Å². The predicted octanol–water partition coefficient (Wildman–Crippen LogP) is 3.88. The molecule has 0 aromatic rings. The average Bonchev–Trinajstić information content (AvgIpc) is 2.40. The van der Waals surface area contributed by atoms with Gasteiger partial charge in [-0.05, 0) is 46.8 Å². The van der Waals surface area contributed by atoms with Crippen molar-refractivity contribution >= 4 is 13.0 Å². The number of ketones is 1. The van der Waals surface area contributed by atoms with Gasteiger partial charge in [-0.1, -0.05) is 0 Å². The fraction of sp³-hybridized carbons (Fsp3) is 0.786. The van der Waals surface area contributed by atoms with Crippen molar-refractivity contribution in [3.8, 4) is 0 Å². The molecule has 0 aliphatic carbocycles. The molecule has 2 heteroatoms. The van der Waals surface area contributed by atoms with Crippen molar-refractivity contribution in [1.29, 1.82) is 0 Å². The van der Waals surface area contributed by atoms with E-state index in [4.69, 9.17) is 0 Å². The predicted molar refractivity (Wildman–Crippen MR) is 72.8 cm³/mol. The highest BCUT2D eigenvalue weighted by Crippen LogP contribution is 2.84. The van der Waals surface area contributed by atoms with Gasteiger partial charge in [-0.15, -0.1) is 0 Å². The Morgan fingerprint density at radius 2 is 2.06 bits per heavy atom. The van der Waals surface area contributed by atoms with Gasteiger partial charge in [0.15, 0.2) is 0 Å². The Hall–Kier alpha value is -0.160. The van der Waals surface area contributed by atoms with E-state index < -0.39 is 7.26 Å². The molecular weight excluding hydrogens is 215 g/mol. The zero-order valence-corrected chi connectivity index (χ0v) is 12.1. The summed E-state index contributed by atoms with van der Waals surface area (Å²) in [6, 6.07) is 0. The van der Waals surface area contributed by atoms with Crippen molar-refractivity contribution in [3.05, 3.63) is 12.2 Å². The molecule has 2 aliphatic rings. The maximum Gasteiger partial charge on any atom is 0.141 e. The van der Waals surface area contributed by atoms with Crippen LogP contribution in [0.5, 0.6) is 0 Å². The Labute approximate surface area is 100 Å². The first-order chi connectivity index (χ1) is 7.23. The summed E-state index contributed by atoms with van der Waals surface area (Å²) in [6.45, 7) is 11.8. The topological polar surface area (TPSA) is 17.1 Å². The first-order valence-electron chi connectivity index (χ1n) is 6.30. The number of fused-ring (bicyclic) bond motifs is 1. The first-order valence-corrected chi connectivity index (χ1v) is 8.35. The van der Waals surface area contributed by atoms with Crippen LogP contribution in [0.1, 0.15) is 47.5 Å². The van der Waals surface area contributed by atoms with Crippen LogP contribution in [0.25, 0.3) is 0 Å². The lowest BCUT2D eigenvalue weighted by Crippen LogP contribution is -2.46. The van der Waals surface area contributed by atoms with Gasteiger partial charge in [0.05, 0.1) is 17.0 Å². The highest BCUT2D eigenvalue weighted by Gasteiger charge is 2.67. The van der Waals surface area contributed by atoms with Crippen molar-refractivity contribution in [3.63, 3.8) is 0 Å². The fourth-order valence-corrected chi connectivity index (χ4v) is 11.3. The van der Waals surface area contributed by atoms with E-state index in [-0.39, 0.29) is 5.16 Å². The Morgan fingerprint density at radius 3 is 2.62 bits per heavy atom. The average molecular weight is 239 g/mol. The molecule has 0 aromatic carbocycles. The summed E-state index contributed by atoms with van der Waals surface area (Å²) in [6.07, 6.45) is 7.58. The summed E-state index contributed by atoms with van der Waals surface area (Å²) < 4.78 is 0. The van der Waals surface area contributed by atoms with Gasteiger partial charge in [0.25, 0.3) is 0 Å². The fourth-order valence-electron chi connectivity index (χ4n) is 4.36. The summed E-state index contributed by atoms with van der Waals surface area (Å²) in [5.41, 5.74) is 0.605. The number of carbonyl (C=O) groups is 1. The van der Waals surface area contributed by atoms with Gasteiger partial charge in [0.2, 0.25) is 0 Å². The van der Waals surface area contributed by atoms with Gasteiger partial charge < -0.3 is 0 Å². The molecule has 3 atom stereocenters. The van der Waals surface area contributed by atoms with Gasteiger partial charge in [-0.25, -0.2) is 0 Å². The van der Waals surface area contributed by atoms with Crippen LogP contribution in [0.3, 0.4) is 0 Å². The van der Waals surface area contributed by atoms with Crippen molar-refractivity contribution in [2.75, 3.05) is 6.16 Å². The molecule has 2 heterocycles. The smallest absolute Gasteiger partial charge is 0.141 e. The Balaban J connectivity index is 2.53. The monoisotopic (exact) mass is 239 g/mol. The van der Waals surface area contributed by atoms with Crippen LogP contribution < -0.4 is 0 Å². The third kappa shape index (κ3) is 1.37. The van der Waals surface area contributed by atoms with Crippen LogP contribution in [0.2, 0.25) is 0 Å². The van der Waals surface area contributed by atoms with Crippen LogP contribution in [0, 0.1) is 0 Å². The van der Waals surface area contributed by atoms with Crippen molar-refractivity contribution in [2.24, 2.45) is 0 Å². The standard InChI is InChI=1S/C14H24OP/c1-11-9-12(15)10-14(5)7-6-8-16(11,14)13(2,3)4/h6-7,11H,8-10H2,1-5H3/q+1. The molecule has 2 rings (SSSR count). The molecule has 1 saturated heterocycles. The van der Waals surface area contributed by atoms with E-state index in [0.717, 1.165) is 12.8 Å². The molecule has 1 fully saturated rings. The van der Waals surface area contributed by atoms with Gasteiger partial charge in [-0.2, -0.15) is 0 Å². The highest BCUT2D eigenvalue weighted by atomic mass is 31.2. The van der Waals surface area contributed by atoms with Crippen molar-refractivity contribution in [2.45, 2.75) is 63.4 Å². The third-order valence-corrected chi connectivity index (χ3v) is 11.8. The zero-order chi connectivity index (χ0) is 12.2. The molecule has 0 radical (unpaired) electrons. The SMILES string of the molecule is CC1CC(=O)CC2(C)C=CC[P+]12C(C)(C)C. The van der Waals surface area contributed by atoms with E-state index >= 15 is 0 Å². The molecule has 0 spiro atoms. The minimum absolute atomic E-state index is 0.194. The minimum atomic E-state index is -1.11. The number of hydrogen-bond acceptors (Lipinski definition) is 1. The second-order valence-corrected chi connectivity index (χ2v) is 12.1. The largest absolute Gasteiger partial charge is 0.299 e. The Bertz CT molecular complexity index is 352. The summed E-state index contributed by atoms with van der Waals surface area (Å²) in [5, 5.41) is 0.561. The molecule has 0 aromatic heterocycles. The summed E-state index contributed by atoms with van der Waals surface area (Å²) in [5.74, 6) is 0.474. The second kappa shape index (κ2) is 3.42. The molecule has 1 nitrogen and oxygen atoms in total. The molecule has 90 valence electrons. The summed E-state index contributed by atoms with van der Waals surface area (Å²) >= 11 is 0. The van der Waals surface area contributed by atoms with E-state index in [2.05, 4.69) is 46.8 Å². The number of allylic oxidation sites excluding steroid dienone is 2. The maximum absolute atomic E-state index is 11.9. The molecule has 0 bridgehead atoms. The van der Waals surface area contributed by atoms with E-state index in [1.54, 1.807) is 0 Å². The molecule has 0 saturated carbocycles. The number of carbonyl (C=O) groups excluding carboxylic acids is 1. The van der Waals surface area contributed by atoms with E-state index in [0.29, 0.717) is 16.6 Å². The lowest BCUT2D eigenvalue weighted by molar-refractivity contribution is -0.119. The van der Waals surface area contributed by atoms with E-state index in [9.17, 15) is 4.79 Å². The van der Waals surface area contributed by atoms with Crippen molar-refractivity contribution < 1.29 is 4.79 Å².